The van der Waals surface area contributed by atoms with Gasteiger partial charge in [-0.15, -0.1) is 0 Å². The molecule has 18 heavy (non-hydrogen) atoms. The normalized spacial score (nSPS) is 18.8. The van der Waals surface area contributed by atoms with Crippen molar-refractivity contribution in [2.24, 2.45) is 0 Å². The minimum atomic E-state index is 0.497. The molecule has 1 aliphatic heterocycles. The van der Waals surface area contributed by atoms with Crippen LogP contribution in [0.1, 0.15) is 18.0 Å². The number of nitrogens with zero attached hydrogens (tertiary/aromatic N) is 3. The Labute approximate surface area is 106 Å². The van der Waals surface area contributed by atoms with Gasteiger partial charge in [0.25, 0.3) is 0 Å². The predicted molar refractivity (Wildman–Crippen MR) is 69.8 cm³/mol. The highest BCUT2D eigenvalue weighted by molar-refractivity contribution is 5.46. The lowest BCUT2D eigenvalue weighted by molar-refractivity contribution is 0.732. The van der Waals surface area contributed by atoms with E-state index in [0.717, 1.165) is 31.0 Å². The Hall–Kier alpha value is -2.01. The maximum Gasteiger partial charge on any atom is 0.228 e. The maximum absolute atomic E-state index is 4.55. The van der Waals surface area contributed by atoms with Crippen LogP contribution in [0.25, 0.3) is 0 Å². The second-order valence-electron chi connectivity index (χ2n) is 4.33. The molecule has 2 N–H and O–H groups in total. The van der Waals surface area contributed by atoms with Crippen molar-refractivity contribution in [3.8, 4) is 0 Å². The second kappa shape index (κ2) is 5.10. The lowest BCUT2D eigenvalue weighted by Gasteiger charge is -2.09. The van der Waals surface area contributed by atoms with Crippen molar-refractivity contribution in [2.75, 3.05) is 18.4 Å². The Kier molecular flexibility index (Phi) is 3.14. The van der Waals surface area contributed by atoms with Gasteiger partial charge in [0.1, 0.15) is 5.82 Å². The van der Waals surface area contributed by atoms with Gasteiger partial charge in [0.05, 0.1) is 5.69 Å². The number of pyridine rings is 1. The fraction of sp³-hybridized carbons (Fsp3) is 0.308. The summed E-state index contributed by atoms with van der Waals surface area (Å²) >= 11 is 0. The number of anilines is 2. The molecule has 2 aromatic heterocycles. The molecular formula is C13H15N5. The lowest BCUT2D eigenvalue weighted by atomic mass is 10.1. The number of hydrogen-bond acceptors (Lipinski definition) is 5. The van der Waals surface area contributed by atoms with Crippen molar-refractivity contribution in [3.63, 3.8) is 0 Å². The Morgan fingerprint density at radius 3 is 2.94 bits per heavy atom. The Morgan fingerprint density at radius 1 is 1.17 bits per heavy atom. The van der Waals surface area contributed by atoms with E-state index in [1.165, 1.54) is 0 Å². The molecule has 0 saturated carbocycles. The molecule has 5 heteroatoms. The Morgan fingerprint density at radius 2 is 2.17 bits per heavy atom. The standard InChI is InChI=1S/C13H15N5/c1-2-6-15-12(3-1)18-13-16-8-5-11(17-13)10-4-7-14-9-10/h1-3,5-6,8,10,14H,4,7,9H2,(H,15,16,17,18)/t10-/m1/s1. The third kappa shape index (κ3) is 2.46. The van der Waals surface area contributed by atoms with E-state index in [1.807, 2.05) is 24.3 Å². The van der Waals surface area contributed by atoms with Crippen LogP contribution in [-0.4, -0.2) is 28.0 Å². The van der Waals surface area contributed by atoms with Crippen molar-refractivity contribution in [2.45, 2.75) is 12.3 Å². The van der Waals surface area contributed by atoms with E-state index < -0.39 is 0 Å². The molecule has 1 saturated heterocycles. The van der Waals surface area contributed by atoms with Crippen LogP contribution in [0, 0.1) is 0 Å². The zero-order chi connectivity index (χ0) is 12.2. The molecule has 1 fully saturated rings. The summed E-state index contributed by atoms with van der Waals surface area (Å²) in [5.41, 5.74) is 1.09. The van der Waals surface area contributed by atoms with Gasteiger partial charge in [-0.2, -0.15) is 0 Å². The molecule has 2 aromatic rings. The highest BCUT2D eigenvalue weighted by Crippen LogP contribution is 2.21. The number of nitrogens with one attached hydrogen (secondary N) is 2. The van der Waals surface area contributed by atoms with Gasteiger partial charge in [-0.3, -0.25) is 0 Å². The first-order valence-electron chi connectivity index (χ1n) is 6.13. The van der Waals surface area contributed by atoms with Crippen LogP contribution in [0.3, 0.4) is 0 Å². The summed E-state index contributed by atoms with van der Waals surface area (Å²) in [5, 5.41) is 6.46. The molecule has 1 atom stereocenters. The summed E-state index contributed by atoms with van der Waals surface area (Å²) in [5.74, 6) is 1.87. The first-order valence-corrected chi connectivity index (χ1v) is 6.13. The zero-order valence-electron chi connectivity index (χ0n) is 10.0. The topological polar surface area (TPSA) is 62.7 Å². The highest BCUT2D eigenvalue weighted by atomic mass is 15.1. The summed E-state index contributed by atoms with van der Waals surface area (Å²) in [6.07, 6.45) is 4.68. The van der Waals surface area contributed by atoms with Crippen LogP contribution in [0.5, 0.6) is 0 Å². The SMILES string of the molecule is c1ccc(Nc2nccc([C@@H]3CCNC3)n2)nc1. The minimum absolute atomic E-state index is 0.497. The first-order chi connectivity index (χ1) is 8.92. The highest BCUT2D eigenvalue weighted by Gasteiger charge is 2.18. The second-order valence-corrected chi connectivity index (χ2v) is 4.33. The average Bonchev–Trinajstić information content (AvgIpc) is 2.94. The van der Waals surface area contributed by atoms with E-state index in [4.69, 9.17) is 0 Å². The summed E-state index contributed by atoms with van der Waals surface area (Å²) in [7, 11) is 0. The van der Waals surface area contributed by atoms with Gasteiger partial charge in [-0.1, -0.05) is 6.07 Å². The smallest absolute Gasteiger partial charge is 0.228 e. The molecule has 5 nitrogen and oxygen atoms in total. The Balaban J connectivity index is 1.78. The van der Waals surface area contributed by atoms with E-state index in [0.29, 0.717) is 11.9 Å². The third-order valence-electron chi connectivity index (χ3n) is 3.06. The van der Waals surface area contributed by atoms with Gasteiger partial charge < -0.3 is 10.6 Å². The minimum Gasteiger partial charge on any atom is -0.316 e. The maximum atomic E-state index is 4.55. The van der Waals surface area contributed by atoms with Gasteiger partial charge in [-0.25, -0.2) is 15.0 Å². The van der Waals surface area contributed by atoms with E-state index in [2.05, 4.69) is 25.6 Å². The molecule has 3 heterocycles. The summed E-state index contributed by atoms with van der Waals surface area (Å²) in [4.78, 5) is 13.0. The summed E-state index contributed by atoms with van der Waals surface area (Å²) in [6, 6.07) is 7.70. The van der Waals surface area contributed by atoms with E-state index >= 15 is 0 Å². The van der Waals surface area contributed by atoms with Crippen LogP contribution in [-0.2, 0) is 0 Å². The van der Waals surface area contributed by atoms with Crippen LogP contribution >= 0.6 is 0 Å². The molecule has 0 aromatic carbocycles. The largest absolute Gasteiger partial charge is 0.316 e. The van der Waals surface area contributed by atoms with E-state index in [9.17, 15) is 0 Å². The average molecular weight is 241 g/mol. The van der Waals surface area contributed by atoms with E-state index in [-0.39, 0.29) is 0 Å². The van der Waals surface area contributed by atoms with Gasteiger partial charge in [0, 0.05) is 24.9 Å². The van der Waals surface area contributed by atoms with Crippen LogP contribution in [0.15, 0.2) is 36.7 Å². The lowest BCUT2D eigenvalue weighted by Crippen LogP contribution is -2.10. The Bertz CT molecular complexity index is 508. The molecule has 0 spiro atoms. The molecule has 0 bridgehead atoms. The first kappa shape index (κ1) is 11.1. The van der Waals surface area contributed by atoms with Crippen LogP contribution in [0.2, 0.25) is 0 Å². The van der Waals surface area contributed by atoms with E-state index in [1.54, 1.807) is 12.4 Å². The fourth-order valence-corrected chi connectivity index (χ4v) is 2.12. The summed E-state index contributed by atoms with van der Waals surface area (Å²) < 4.78 is 0. The molecule has 92 valence electrons. The van der Waals surface area contributed by atoms with Crippen LogP contribution in [0.4, 0.5) is 11.8 Å². The molecule has 1 aliphatic rings. The number of hydrogen-bond donors (Lipinski definition) is 2. The molecular weight excluding hydrogens is 226 g/mol. The summed E-state index contributed by atoms with van der Waals surface area (Å²) in [6.45, 7) is 2.07. The predicted octanol–water partition coefficient (Wildman–Crippen LogP) is 1.69. The monoisotopic (exact) mass is 241 g/mol. The molecule has 0 aliphatic carbocycles. The molecule has 0 unspecified atom stereocenters. The third-order valence-corrected chi connectivity index (χ3v) is 3.06. The molecule has 3 rings (SSSR count). The van der Waals surface area contributed by atoms with Gasteiger partial charge in [0.15, 0.2) is 0 Å². The van der Waals surface area contributed by atoms with Gasteiger partial charge in [-0.05, 0) is 31.2 Å². The molecule has 0 radical (unpaired) electrons. The van der Waals surface area contributed by atoms with Crippen LogP contribution < -0.4 is 10.6 Å². The number of rotatable bonds is 3. The quantitative estimate of drug-likeness (QED) is 0.856. The van der Waals surface area contributed by atoms with Crippen molar-refractivity contribution in [3.05, 3.63) is 42.4 Å². The fourth-order valence-electron chi connectivity index (χ4n) is 2.12. The van der Waals surface area contributed by atoms with Gasteiger partial charge >= 0.3 is 0 Å². The number of aromatic nitrogens is 3. The van der Waals surface area contributed by atoms with Crippen molar-refractivity contribution in [1.29, 1.82) is 0 Å². The van der Waals surface area contributed by atoms with Crippen molar-refractivity contribution >= 4 is 11.8 Å². The van der Waals surface area contributed by atoms with Gasteiger partial charge in [0.2, 0.25) is 5.95 Å². The zero-order valence-corrected chi connectivity index (χ0v) is 10.0. The van der Waals surface area contributed by atoms with Crippen molar-refractivity contribution < 1.29 is 0 Å². The van der Waals surface area contributed by atoms with Crippen molar-refractivity contribution in [1.82, 2.24) is 20.3 Å². The molecule has 0 amide bonds.